The highest BCUT2D eigenvalue weighted by Crippen LogP contribution is 2.48. The Morgan fingerprint density at radius 2 is 1.54 bits per heavy atom. The lowest BCUT2D eigenvalue weighted by Crippen LogP contribution is -2.51. The van der Waals surface area contributed by atoms with Crippen LogP contribution in [0, 0.1) is 17.7 Å². The van der Waals surface area contributed by atoms with E-state index >= 15 is 13.2 Å². The smallest absolute Gasteiger partial charge is 0.407 e. The van der Waals surface area contributed by atoms with E-state index in [1.807, 2.05) is 56.5 Å². The van der Waals surface area contributed by atoms with E-state index in [1.54, 1.807) is 32.2 Å². The molecule has 3 aliphatic rings. The summed E-state index contributed by atoms with van der Waals surface area (Å²) in [6, 6.07) is 8.41. The third-order valence-corrected chi connectivity index (χ3v) is 13.1. The van der Waals surface area contributed by atoms with Crippen LogP contribution in [0.3, 0.4) is 0 Å². The number of hydrogen-bond acceptors (Lipinski definition) is 8. The maximum atomic E-state index is 16.6. The number of amides is 3. The van der Waals surface area contributed by atoms with Crippen LogP contribution in [-0.2, 0) is 25.5 Å². The number of imidazole rings is 1. The highest BCUT2D eigenvalue weighted by atomic mass is 19.3. The molecular weight excluding hydrogens is 880 g/mol. The molecule has 0 spiro atoms. The summed E-state index contributed by atoms with van der Waals surface area (Å²) in [4.78, 5) is 52.9. The zero-order chi connectivity index (χ0) is 48.3. The van der Waals surface area contributed by atoms with Gasteiger partial charge >= 0.3 is 6.09 Å². The molecule has 4 N–H and O–H groups in total. The molecular formula is C48H57F5N8O6. The van der Waals surface area contributed by atoms with Gasteiger partial charge in [-0.3, -0.25) is 14.9 Å². The Morgan fingerprint density at radius 3 is 2.18 bits per heavy atom. The quantitative estimate of drug-likeness (QED) is 0.0634. The number of methoxy groups -OCH3 is 2. The van der Waals surface area contributed by atoms with E-state index in [0.717, 1.165) is 22.9 Å². The molecule has 360 valence electrons. The van der Waals surface area contributed by atoms with Gasteiger partial charge in [0.2, 0.25) is 11.8 Å². The van der Waals surface area contributed by atoms with E-state index in [0.29, 0.717) is 58.1 Å². The molecule has 0 saturated carbocycles. The Bertz CT molecular complexity index is 2680. The number of ether oxygens (including phenoxy) is 3. The number of alkyl carbamates (subject to hydrolysis) is 1. The first-order valence-corrected chi connectivity index (χ1v) is 22.6. The summed E-state index contributed by atoms with van der Waals surface area (Å²) in [7, 11) is 2.63. The average molecular weight is 937 g/mol. The Kier molecular flexibility index (Phi) is 13.0. The standard InChI is InChI=1S/C48H57F5N8O6/c1-9-26-14-32(56-42(26)36-18-47(50,51)21-59(36)45(63)41(25(5)6)58-46(64)66-8)29-17-38-30(16-31(29)49)35-15-28-13-27(11-12-34(28)61(35)39(10-2)67-38)33-20-54-43(57-33)37-19-48(52,53)22-60(37)44(62)40(24(3)4)55-23-65-7/h11-17,20,24-25,36-37,39-41,55-56H,9-10,18-19,21-23H2,1-8H3,(H,54,57)(H,58,64). The summed E-state index contributed by atoms with van der Waals surface area (Å²) in [6.07, 6.45) is -0.0850. The number of benzene rings is 2. The normalized spacial score (nSPS) is 20.6. The fourth-order valence-corrected chi connectivity index (χ4v) is 9.78. The lowest BCUT2D eigenvalue weighted by molar-refractivity contribution is -0.137. The minimum absolute atomic E-state index is 0.0832. The molecule has 6 heterocycles. The van der Waals surface area contributed by atoms with Gasteiger partial charge in [0.1, 0.15) is 23.4 Å². The van der Waals surface area contributed by atoms with Gasteiger partial charge in [-0.25, -0.2) is 31.7 Å². The van der Waals surface area contributed by atoms with Gasteiger partial charge in [0, 0.05) is 59.8 Å². The predicted molar refractivity (Wildman–Crippen MR) is 240 cm³/mol. The summed E-state index contributed by atoms with van der Waals surface area (Å²) in [5, 5.41) is 6.29. The first-order valence-electron chi connectivity index (χ1n) is 22.6. The number of aryl methyl sites for hydroxylation is 1. The van der Waals surface area contributed by atoms with Crippen molar-refractivity contribution in [2.45, 2.75) is 109 Å². The van der Waals surface area contributed by atoms with E-state index in [4.69, 9.17) is 14.2 Å². The van der Waals surface area contributed by atoms with Crippen LogP contribution >= 0.6 is 0 Å². The van der Waals surface area contributed by atoms with E-state index in [9.17, 15) is 23.2 Å². The highest BCUT2D eigenvalue weighted by molar-refractivity contribution is 5.92. The summed E-state index contributed by atoms with van der Waals surface area (Å²) in [6.45, 7) is 9.37. The molecule has 5 atom stereocenters. The van der Waals surface area contributed by atoms with Crippen LogP contribution in [-0.4, -0.2) is 105 Å². The first-order chi connectivity index (χ1) is 31.8. The van der Waals surface area contributed by atoms with Crippen molar-refractivity contribution >= 4 is 28.8 Å². The van der Waals surface area contributed by atoms with Crippen molar-refractivity contribution in [2.75, 3.05) is 34.0 Å². The number of halogens is 5. The lowest BCUT2D eigenvalue weighted by atomic mass is 10.0. The zero-order valence-corrected chi connectivity index (χ0v) is 38.7. The van der Waals surface area contributed by atoms with Crippen molar-refractivity contribution in [3.05, 3.63) is 71.6 Å². The van der Waals surface area contributed by atoms with E-state index in [2.05, 4.69) is 25.6 Å². The number of carbonyl (C=O) groups is 3. The fraction of sp³-hybridized carbons (Fsp3) is 0.500. The molecule has 67 heavy (non-hydrogen) atoms. The highest BCUT2D eigenvalue weighted by Gasteiger charge is 2.51. The second kappa shape index (κ2) is 18.3. The third kappa shape index (κ3) is 8.99. The Balaban J connectivity index is 1.10. The second-order valence-electron chi connectivity index (χ2n) is 18.4. The Labute approximate surface area is 384 Å². The Hall–Kier alpha value is -5.95. The topological polar surface area (TPSA) is 159 Å². The third-order valence-electron chi connectivity index (χ3n) is 13.1. The average Bonchev–Trinajstić information content (AvgIpc) is 4.13. The number of nitrogens with zero attached hydrogens (tertiary/aromatic N) is 4. The number of alkyl halides is 4. The van der Waals surface area contributed by atoms with Gasteiger partial charge in [-0.05, 0) is 60.2 Å². The van der Waals surface area contributed by atoms with Gasteiger partial charge in [0.15, 0.2) is 6.23 Å². The molecule has 5 aromatic rings. The van der Waals surface area contributed by atoms with Gasteiger partial charge < -0.3 is 43.9 Å². The molecule has 14 nitrogen and oxygen atoms in total. The molecule has 0 aliphatic carbocycles. The molecule has 3 aromatic heterocycles. The number of carbonyl (C=O) groups excluding carboxylic acids is 3. The van der Waals surface area contributed by atoms with E-state index in [1.165, 1.54) is 18.1 Å². The number of fused-ring (bicyclic) bond motifs is 5. The van der Waals surface area contributed by atoms with Crippen LogP contribution in [0.15, 0.2) is 48.7 Å². The molecule has 3 aliphatic heterocycles. The van der Waals surface area contributed by atoms with E-state index < -0.39 is 97.8 Å². The molecule has 2 saturated heterocycles. The van der Waals surface area contributed by atoms with Gasteiger partial charge in [0.25, 0.3) is 11.8 Å². The molecule has 0 radical (unpaired) electrons. The SMILES string of the molecule is CCc1cc(-c2cc3c(cc2F)-c2cc4cc(-c5cnc(C6CC(F)(F)CN6C(=O)C(NCOC)C(C)C)[nH]5)ccc4n2C(CC)O3)[nH]c1C1CC(F)(F)CN1C(=O)C(NC(=O)OC)C(C)C. The van der Waals surface area contributed by atoms with Crippen LogP contribution in [0.2, 0.25) is 0 Å². The maximum absolute atomic E-state index is 16.6. The molecule has 2 fully saturated rings. The van der Waals surface area contributed by atoms with Crippen molar-refractivity contribution in [2.24, 2.45) is 11.8 Å². The van der Waals surface area contributed by atoms with Gasteiger partial charge in [0.05, 0.1) is 68.2 Å². The molecule has 2 aromatic carbocycles. The van der Waals surface area contributed by atoms with Gasteiger partial charge in [-0.1, -0.05) is 47.6 Å². The fourth-order valence-electron chi connectivity index (χ4n) is 9.78. The number of aromatic amines is 2. The summed E-state index contributed by atoms with van der Waals surface area (Å²) in [5.74, 6) is -8.04. The van der Waals surface area contributed by atoms with Crippen LogP contribution in [0.4, 0.5) is 26.7 Å². The largest absolute Gasteiger partial charge is 0.469 e. The molecule has 0 bridgehead atoms. The number of aromatic nitrogens is 4. The molecule has 8 rings (SSSR count). The van der Waals surface area contributed by atoms with Crippen LogP contribution in [0.1, 0.15) is 96.2 Å². The second-order valence-corrected chi connectivity index (χ2v) is 18.4. The maximum Gasteiger partial charge on any atom is 0.407 e. The van der Waals surface area contributed by atoms with Gasteiger partial charge in [-0.15, -0.1) is 0 Å². The zero-order valence-electron chi connectivity index (χ0n) is 38.7. The first kappa shape index (κ1) is 47.5. The number of likely N-dealkylation sites (tertiary alicyclic amines) is 2. The van der Waals surface area contributed by atoms with Crippen molar-refractivity contribution in [3.63, 3.8) is 0 Å². The lowest BCUT2D eigenvalue weighted by Gasteiger charge is -2.30. The van der Waals surface area contributed by atoms with Crippen molar-refractivity contribution in [3.8, 4) is 39.5 Å². The van der Waals surface area contributed by atoms with Crippen molar-refractivity contribution < 1.29 is 50.5 Å². The van der Waals surface area contributed by atoms with Crippen LogP contribution in [0.5, 0.6) is 5.75 Å². The monoisotopic (exact) mass is 936 g/mol. The number of hydrogen-bond donors (Lipinski definition) is 4. The van der Waals surface area contributed by atoms with E-state index in [-0.39, 0.29) is 24.0 Å². The molecule has 5 unspecified atom stereocenters. The molecule has 19 heteroatoms. The summed E-state index contributed by atoms with van der Waals surface area (Å²) >= 11 is 0. The van der Waals surface area contributed by atoms with Crippen LogP contribution in [0.25, 0.3) is 44.7 Å². The molecule has 3 amide bonds. The number of nitrogens with one attached hydrogen (secondary N) is 4. The number of rotatable bonds is 14. The Morgan fingerprint density at radius 1 is 0.866 bits per heavy atom. The predicted octanol–water partition coefficient (Wildman–Crippen LogP) is 9.11. The number of H-pyrrole nitrogens is 2. The van der Waals surface area contributed by atoms with Crippen molar-refractivity contribution in [1.82, 2.24) is 40.0 Å². The van der Waals surface area contributed by atoms with Crippen molar-refractivity contribution in [1.29, 1.82) is 0 Å². The minimum Gasteiger partial charge on any atom is -0.469 e. The van der Waals surface area contributed by atoms with Crippen LogP contribution < -0.4 is 15.4 Å². The summed E-state index contributed by atoms with van der Waals surface area (Å²) < 4.78 is 95.3. The summed E-state index contributed by atoms with van der Waals surface area (Å²) in [5.41, 5.74) is 4.73. The van der Waals surface area contributed by atoms with Gasteiger partial charge in [-0.2, -0.15) is 0 Å². The minimum atomic E-state index is -3.22.